The van der Waals surface area contributed by atoms with E-state index < -0.39 is 0 Å². The second kappa shape index (κ2) is 7.22. The Morgan fingerprint density at radius 1 is 1.24 bits per heavy atom. The molecule has 0 saturated carbocycles. The Labute approximate surface area is 126 Å². The lowest BCUT2D eigenvalue weighted by Gasteiger charge is -2.34. The Kier molecular flexibility index (Phi) is 5.58. The molecule has 120 valence electrons. The van der Waals surface area contributed by atoms with Gasteiger partial charge in [0.05, 0.1) is 19.1 Å². The highest BCUT2D eigenvalue weighted by molar-refractivity contribution is 5.89. The van der Waals surface area contributed by atoms with Crippen LogP contribution in [0.15, 0.2) is 0 Å². The second-order valence-corrected chi connectivity index (χ2v) is 6.21. The van der Waals surface area contributed by atoms with Gasteiger partial charge in [-0.1, -0.05) is 13.8 Å². The first kappa shape index (κ1) is 16.2. The molecule has 2 N–H and O–H groups in total. The predicted molar refractivity (Wildman–Crippen MR) is 79.5 cm³/mol. The fourth-order valence-corrected chi connectivity index (χ4v) is 3.15. The lowest BCUT2D eigenvalue weighted by atomic mass is 9.94. The van der Waals surface area contributed by atoms with E-state index in [1.807, 2.05) is 18.7 Å². The van der Waals surface area contributed by atoms with Crippen LogP contribution in [0.2, 0.25) is 0 Å². The van der Waals surface area contributed by atoms with Gasteiger partial charge in [-0.3, -0.25) is 9.59 Å². The molecule has 0 bridgehead atoms. The lowest BCUT2D eigenvalue weighted by molar-refractivity contribution is -0.148. The zero-order valence-corrected chi connectivity index (χ0v) is 13.1. The van der Waals surface area contributed by atoms with Crippen LogP contribution in [0.3, 0.4) is 0 Å². The molecule has 2 heterocycles. The summed E-state index contributed by atoms with van der Waals surface area (Å²) >= 11 is 0. The van der Waals surface area contributed by atoms with Gasteiger partial charge in [0.15, 0.2) is 0 Å². The van der Waals surface area contributed by atoms with Crippen molar-refractivity contribution >= 4 is 11.8 Å². The molecule has 6 heteroatoms. The average Bonchev–Trinajstić information content (AvgIpc) is 2.97. The average molecular weight is 297 g/mol. The van der Waals surface area contributed by atoms with E-state index in [2.05, 4.69) is 0 Å². The van der Waals surface area contributed by atoms with Crippen LogP contribution in [0.4, 0.5) is 0 Å². The normalized spacial score (nSPS) is 24.5. The molecule has 2 saturated heterocycles. The van der Waals surface area contributed by atoms with Crippen LogP contribution in [0.5, 0.6) is 0 Å². The van der Waals surface area contributed by atoms with E-state index in [1.54, 1.807) is 4.90 Å². The summed E-state index contributed by atoms with van der Waals surface area (Å²) in [5.74, 6) is 0.116. The molecule has 2 aliphatic heterocycles. The maximum Gasteiger partial charge on any atom is 0.245 e. The summed E-state index contributed by atoms with van der Waals surface area (Å²) < 4.78 is 5.28. The van der Waals surface area contributed by atoms with Gasteiger partial charge >= 0.3 is 0 Å². The molecule has 0 aliphatic carbocycles. The number of amides is 2. The van der Waals surface area contributed by atoms with Gasteiger partial charge in [-0.15, -0.1) is 0 Å². The minimum Gasteiger partial charge on any atom is -0.378 e. The molecular formula is C15H27N3O3. The van der Waals surface area contributed by atoms with Crippen LogP contribution < -0.4 is 5.73 Å². The summed E-state index contributed by atoms with van der Waals surface area (Å²) in [5.41, 5.74) is 5.75. The zero-order valence-electron chi connectivity index (χ0n) is 13.1. The first-order chi connectivity index (χ1) is 10.1. The first-order valence-electron chi connectivity index (χ1n) is 7.93. The summed E-state index contributed by atoms with van der Waals surface area (Å²) in [5, 5.41) is 0. The number of nitrogens with zero attached hydrogens (tertiary/aromatic N) is 2. The molecular weight excluding hydrogens is 270 g/mol. The molecule has 2 fully saturated rings. The van der Waals surface area contributed by atoms with Crippen molar-refractivity contribution < 1.29 is 14.3 Å². The quantitative estimate of drug-likeness (QED) is 0.796. The third-order valence-electron chi connectivity index (χ3n) is 4.52. The minimum absolute atomic E-state index is 0.0385. The summed E-state index contributed by atoms with van der Waals surface area (Å²) in [6.07, 6.45) is 1.65. The Balaban J connectivity index is 2.05. The Bertz CT molecular complexity index is 380. The Morgan fingerprint density at radius 3 is 2.48 bits per heavy atom. The number of likely N-dealkylation sites (tertiary alicyclic amines) is 1. The highest BCUT2D eigenvalue weighted by Gasteiger charge is 2.39. The standard InChI is InChI=1S/C15H27N3O3/c1-11(2)12(10-16)14(19)18-5-3-4-13(18)15(20)17-6-8-21-9-7-17/h11-13H,3-10,16H2,1-2H3. The SMILES string of the molecule is CC(C)C(CN)C(=O)N1CCCC1C(=O)N1CCOCC1. The van der Waals surface area contributed by atoms with Crippen LogP contribution in [0.1, 0.15) is 26.7 Å². The highest BCUT2D eigenvalue weighted by atomic mass is 16.5. The summed E-state index contributed by atoms with van der Waals surface area (Å²) in [6, 6.07) is -0.302. The number of carbonyl (C=O) groups is 2. The van der Waals surface area contributed by atoms with Crippen LogP contribution in [-0.4, -0.2) is 67.0 Å². The lowest BCUT2D eigenvalue weighted by Crippen LogP contribution is -2.53. The van der Waals surface area contributed by atoms with Gasteiger partial charge in [0.1, 0.15) is 6.04 Å². The van der Waals surface area contributed by atoms with E-state index >= 15 is 0 Å². The van der Waals surface area contributed by atoms with E-state index in [4.69, 9.17) is 10.5 Å². The molecule has 2 amide bonds. The Morgan fingerprint density at radius 2 is 1.90 bits per heavy atom. The van der Waals surface area contributed by atoms with Gasteiger partial charge in [0.2, 0.25) is 11.8 Å². The third-order valence-corrected chi connectivity index (χ3v) is 4.52. The first-order valence-corrected chi connectivity index (χ1v) is 7.93. The van der Waals surface area contributed by atoms with Crippen molar-refractivity contribution in [2.45, 2.75) is 32.7 Å². The molecule has 0 aromatic heterocycles. The Hall–Kier alpha value is -1.14. The van der Waals surface area contributed by atoms with E-state index in [9.17, 15) is 9.59 Å². The number of rotatable bonds is 4. The van der Waals surface area contributed by atoms with Gasteiger partial charge < -0.3 is 20.3 Å². The monoisotopic (exact) mass is 297 g/mol. The van der Waals surface area contributed by atoms with Crippen LogP contribution in [-0.2, 0) is 14.3 Å². The predicted octanol–water partition coefficient (Wildman–Crippen LogP) is 0.0671. The van der Waals surface area contributed by atoms with Crippen LogP contribution in [0, 0.1) is 11.8 Å². The second-order valence-electron chi connectivity index (χ2n) is 6.21. The van der Waals surface area contributed by atoms with Crippen molar-refractivity contribution in [3.8, 4) is 0 Å². The third kappa shape index (κ3) is 3.55. The van der Waals surface area contributed by atoms with Gasteiger partial charge in [-0.25, -0.2) is 0 Å². The van der Waals surface area contributed by atoms with Gasteiger partial charge in [0.25, 0.3) is 0 Å². The van der Waals surface area contributed by atoms with E-state index in [-0.39, 0.29) is 29.7 Å². The number of carbonyl (C=O) groups excluding carboxylic acids is 2. The number of hydrogen-bond acceptors (Lipinski definition) is 4. The van der Waals surface area contributed by atoms with E-state index in [0.29, 0.717) is 39.4 Å². The van der Waals surface area contributed by atoms with Crippen molar-refractivity contribution in [1.82, 2.24) is 9.80 Å². The minimum atomic E-state index is -0.302. The molecule has 6 nitrogen and oxygen atoms in total. The zero-order chi connectivity index (χ0) is 15.4. The maximum absolute atomic E-state index is 12.7. The van der Waals surface area contributed by atoms with Crippen LogP contribution in [0.25, 0.3) is 0 Å². The molecule has 2 aliphatic rings. The molecule has 0 aromatic carbocycles. The van der Waals surface area contributed by atoms with Gasteiger partial charge in [-0.05, 0) is 18.8 Å². The molecule has 2 unspecified atom stereocenters. The summed E-state index contributed by atoms with van der Waals surface area (Å²) in [4.78, 5) is 28.9. The van der Waals surface area contributed by atoms with Crippen LogP contribution >= 0.6 is 0 Å². The van der Waals surface area contributed by atoms with Crippen molar-refractivity contribution in [2.24, 2.45) is 17.6 Å². The van der Waals surface area contributed by atoms with Crippen molar-refractivity contribution in [3.05, 3.63) is 0 Å². The molecule has 21 heavy (non-hydrogen) atoms. The van der Waals surface area contributed by atoms with Crippen molar-refractivity contribution in [1.29, 1.82) is 0 Å². The fraction of sp³-hybridized carbons (Fsp3) is 0.867. The highest BCUT2D eigenvalue weighted by Crippen LogP contribution is 2.24. The van der Waals surface area contributed by atoms with Gasteiger partial charge in [-0.2, -0.15) is 0 Å². The van der Waals surface area contributed by atoms with E-state index in [1.165, 1.54) is 0 Å². The maximum atomic E-state index is 12.7. The number of ether oxygens (including phenoxy) is 1. The summed E-state index contributed by atoms with van der Waals surface area (Å²) in [6.45, 7) is 7.44. The fourth-order valence-electron chi connectivity index (χ4n) is 3.15. The van der Waals surface area contributed by atoms with Crippen molar-refractivity contribution in [2.75, 3.05) is 39.4 Å². The van der Waals surface area contributed by atoms with Gasteiger partial charge in [0, 0.05) is 26.2 Å². The molecule has 0 spiro atoms. The molecule has 0 aromatic rings. The smallest absolute Gasteiger partial charge is 0.245 e. The molecule has 2 rings (SSSR count). The number of hydrogen-bond donors (Lipinski definition) is 1. The largest absolute Gasteiger partial charge is 0.378 e. The molecule has 2 atom stereocenters. The van der Waals surface area contributed by atoms with Crippen molar-refractivity contribution in [3.63, 3.8) is 0 Å². The molecule has 0 radical (unpaired) electrons. The van der Waals surface area contributed by atoms with E-state index in [0.717, 1.165) is 12.8 Å². The topological polar surface area (TPSA) is 75.9 Å². The number of nitrogens with two attached hydrogens (primary N) is 1. The number of morpholine rings is 1. The summed E-state index contributed by atoms with van der Waals surface area (Å²) in [7, 11) is 0.